The molecule has 4 aromatic rings. The zero-order valence-corrected chi connectivity index (χ0v) is 20.0. The highest BCUT2D eigenvalue weighted by Gasteiger charge is 2.80. The van der Waals surface area contributed by atoms with Crippen LogP contribution in [-0.4, -0.2) is 16.4 Å². The highest BCUT2D eigenvalue weighted by Crippen LogP contribution is 2.91. The van der Waals surface area contributed by atoms with Crippen LogP contribution < -0.4 is 21.2 Å². The lowest BCUT2D eigenvalue weighted by Crippen LogP contribution is -2.57. The van der Waals surface area contributed by atoms with Gasteiger partial charge in [-0.1, -0.05) is 72.8 Å². The molecular formula is C28H29NP2+2. The highest BCUT2D eigenvalue weighted by atomic mass is 31.3. The molecule has 1 aliphatic rings. The van der Waals surface area contributed by atoms with Crippen molar-refractivity contribution in [3.8, 4) is 0 Å². The van der Waals surface area contributed by atoms with Crippen LogP contribution in [0.15, 0.2) is 121 Å². The Kier molecular flexibility index (Phi) is 5.53. The van der Waals surface area contributed by atoms with Gasteiger partial charge in [0.15, 0.2) is 0 Å². The topological polar surface area (TPSA) is 3.24 Å². The molecular weight excluding hydrogens is 412 g/mol. The third-order valence-corrected chi connectivity index (χ3v) is 18.3. The smallest absolute Gasteiger partial charge is 0.0620 e. The minimum atomic E-state index is -1.71. The lowest BCUT2D eigenvalue weighted by molar-refractivity contribution is 0.554. The summed E-state index contributed by atoms with van der Waals surface area (Å²) in [5.41, 5.74) is 0. The molecule has 1 heterocycles. The van der Waals surface area contributed by atoms with Gasteiger partial charge in [-0.05, 0) is 66.8 Å². The molecule has 0 N–H and O–H groups in total. The van der Waals surface area contributed by atoms with Crippen LogP contribution in [0.1, 0.15) is 13.8 Å². The number of rotatable bonds is 5. The van der Waals surface area contributed by atoms with Crippen LogP contribution in [0.5, 0.6) is 0 Å². The third kappa shape index (κ3) is 3.19. The van der Waals surface area contributed by atoms with E-state index in [1.807, 2.05) is 0 Å². The molecule has 0 unspecified atom stereocenters. The van der Waals surface area contributed by atoms with Gasteiger partial charge in [0.2, 0.25) is 20.7 Å². The van der Waals surface area contributed by atoms with Crippen LogP contribution in [0.25, 0.3) is 0 Å². The Morgan fingerprint density at radius 3 is 0.968 bits per heavy atom. The van der Waals surface area contributed by atoms with Crippen LogP contribution in [0.3, 0.4) is 0 Å². The van der Waals surface area contributed by atoms with E-state index in [-0.39, 0.29) is 0 Å². The van der Waals surface area contributed by atoms with E-state index in [1.54, 1.807) is 0 Å². The van der Waals surface area contributed by atoms with Crippen LogP contribution in [0, 0.1) is 0 Å². The Hall–Kier alpha value is -2.30. The van der Waals surface area contributed by atoms with Gasteiger partial charge in [0, 0.05) is 0 Å². The summed E-state index contributed by atoms with van der Waals surface area (Å²) in [5.74, 6) is 1.22. The van der Waals surface area contributed by atoms with Crippen molar-refractivity contribution in [3.63, 3.8) is 0 Å². The number of nitrogens with zero attached hydrogens (tertiary/aromatic N) is 1. The average Bonchev–Trinajstić information content (AvgIpc) is 2.81. The van der Waals surface area contributed by atoms with Gasteiger partial charge in [0.25, 0.3) is 0 Å². The van der Waals surface area contributed by atoms with E-state index >= 15 is 0 Å². The van der Waals surface area contributed by atoms with E-state index in [9.17, 15) is 0 Å². The molecule has 1 fully saturated rings. The zero-order valence-electron chi connectivity index (χ0n) is 18.2. The van der Waals surface area contributed by atoms with E-state index in [0.29, 0.717) is 6.04 Å². The van der Waals surface area contributed by atoms with Gasteiger partial charge in [-0.3, -0.25) is 0 Å². The molecule has 154 valence electrons. The minimum Gasteiger partial charge on any atom is -0.0620 e. The molecule has 3 heteroatoms. The van der Waals surface area contributed by atoms with Crippen molar-refractivity contribution in [3.05, 3.63) is 121 Å². The van der Waals surface area contributed by atoms with E-state index in [2.05, 4.69) is 140 Å². The number of hydrogen-bond donors (Lipinski definition) is 0. The molecule has 0 amide bonds. The van der Waals surface area contributed by atoms with Gasteiger partial charge >= 0.3 is 0 Å². The second kappa shape index (κ2) is 8.33. The number of benzene rings is 4. The Morgan fingerprint density at radius 1 is 0.484 bits per heavy atom. The fourth-order valence-corrected chi connectivity index (χ4v) is 19.8. The number of hydrogen-bond acceptors (Lipinski definition) is 1. The van der Waals surface area contributed by atoms with Crippen LogP contribution in [0.2, 0.25) is 0 Å². The van der Waals surface area contributed by atoms with Gasteiger partial charge in [-0.25, -0.2) is 0 Å². The van der Waals surface area contributed by atoms with Crippen molar-refractivity contribution < 1.29 is 0 Å². The fourth-order valence-electron chi connectivity index (χ4n) is 5.20. The predicted octanol–water partition coefficient (Wildman–Crippen LogP) is 5.84. The van der Waals surface area contributed by atoms with Gasteiger partial charge in [-0.15, -0.1) is 0 Å². The maximum Gasteiger partial charge on any atom is 0.227 e. The second-order valence-electron chi connectivity index (χ2n) is 8.44. The Balaban J connectivity index is 1.80. The summed E-state index contributed by atoms with van der Waals surface area (Å²) in [4.78, 5) is 0. The summed E-state index contributed by atoms with van der Waals surface area (Å²) in [5, 5.41) is 5.99. The van der Waals surface area contributed by atoms with Crippen molar-refractivity contribution in [1.82, 2.24) is 4.44 Å². The molecule has 0 radical (unpaired) electrons. The van der Waals surface area contributed by atoms with E-state index in [1.165, 1.54) is 27.1 Å². The molecule has 31 heavy (non-hydrogen) atoms. The summed E-state index contributed by atoms with van der Waals surface area (Å²) in [6.45, 7) is 4.78. The van der Waals surface area contributed by atoms with Crippen molar-refractivity contribution in [1.29, 1.82) is 0 Å². The lowest BCUT2D eigenvalue weighted by Gasteiger charge is -2.52. The Morgan fingerprint density at radius 2 is 0.742 bits per heavy atom. The Bertz CT molecular complexity index is 961. The van der Waals surface area contributed by atoms with Crippen LogP contribution in [-0.2, 0) is 0 Å². The fraction of sp³-hybridized carbons (Fsp3) is 0.143. The zero-order chi connectivity index (χ0) is 21.3. The summed E-state index contributed by atoms with van der Waals surface area (Å²) in [6, 6.07) is 45.6. The van der Waals surface area contributed by atoms with Crippen molar-refractivity contribution in [2.24, 2.45) is 0 Å². The molecule has 0 atom stereocenters. The van der Waals surface area contributed by atoms with Crippen molar-refractivity contribution >= 4 is 36.0 Å². The third-order valence-electron chi connectivity index (χ3n) is 6.30. The predicted molar refractivity (Wildman–Crippen MR) is 140 cm³/mol. The summed E-state index contributed by atoms with van der Waals surface area (Å²) >= 11 is 0. The summed E-state index contributed by atoms with van der Waals surface area (Å²) < 4.78 is 2.97. The molecule has 0 aromatic heterocycles. The largest absolute Gasteiger partial charge is 0.227 e. The SMILES string of the molecule is CC(C)N1[P+](c2ccccc2)(c2ccccc2)C[P+]1(c1ccccc1)c1ccccc1. The molecule has 4 aromatic carbocycles. The minimum absolute atomic E-state index is 0.441. The second-order valence-corrected chi connectivity index (χ2v) is 15.9. The molecule has 0 spiro atoms. The first kappa shape index (κ1) is 20.6. The lowest BCUT2D eigenvalue weighted by atomic mass is 10.4. The average molecular weight is 441 g/mol. The summed E-state index contributed by atoms with van der Waals surface area (Å²) in [7, 11) is -3.42. The molecule has 0 bridgehead atoms. The first-order chi connectivity index (χ1) is 15.2. The van der Waals surface area contributed by atoms with Gasteiger partial charge in [0.1, 0.15) is 21.2 Å². The monoisotopic (exact) mass is 441 g/mol. The Labute approximate surface area is 187 Å². The highest BCUT2D eigenvalue weighted by molar-refractivity contribution is 8.15. The van der Waals surface area contributed by atoms with Crippen LogP contribution >= 0.6 is 14.8 Å². The molecule has 1 aliphatic heterocycles. The summed E-state index contributed by atoms with van der Waals surface area (Å²) in [6.07, 6.45) is 0. The molecule has 1 nitrogen and oxygen atoms in total. The normalized spacial score (nSPS) is 17.3. The van der Waals surface area contributed by atoms with Gasteiger partial charge < -0.3 is 0 Å². The molecule has 0 saturated carbocycles. The van der Waals surface area contributed by atoms with Crippen molar-refractivity contribution in [2.75, 3.05) is 5.90 Å². The van der Waals surface area contributed by atoms with E-state index in [4.69, 9.17) is 0 Å². The molecule has 5 rings (SSSR count). The standard InChI is InChI=1S/C28H29NP2/c1-24(2)29-30(25-15-7-3-8-16-25,26-17-9-4-10-18-26)23-31(29,27-19-11-5-12-20-27)28-21-13-6-14-22-28/h3-22,24H,23H2,1-2H3/q+2. The maximum atomic E-state index is 2.97. The van der Waals surface area contributed by atoms with E-state index < -0.39 is 14.8 Å². The van der Waals surface area contributed by atoms with Gasteiger partial charge in [0.05, 0.1) is 6.04 Å². The van der Waals surface area contributed by atoms with Gasteiger partial charge in [-0.2, -0.15) is 0 Å². The quantitative estimate of drug-likeness (QED) is 0.352. The van der Waals surface area contributed by atoms with E-state index in [0.717, 1.165) is 0 Å². The first-order valence-electron chi connectivity index (χ1n) is 11.0. The maximum absolute atomic E-state index is 2.97. The van der Waals surface area contributed by atoms with Crippen LogP contribution in [0.4, 0.5) is 0 Å². The first-order valence-corrected chi connectivity index (χ1v) is 14.8. The van der Waals surface area contributed by atoms with Crippen molar-refractivity contribution in [2.45, 2.75) is 19.9 Å². The molecule has 0 aliphatic carbocycles. The molecule has 1 saturated heterocycles.